The molecular formula is C13H21NO4S. The second-order valence-electron chi connectivity index (χ2n) is 4.24. The maximum absolute atomic E-state index is 10.7. The minimum Gasteiger partial charge on any atom is -0.494 e. The molecule has 0 fully saturated rings. The maximum Gasteiger partial charge on any atom is 0.209 e. The highest BCUT2D eigenvalue weighted by molar-refractivity contribution is 7.89. The van der Waals surface area contributed by atoms with Gasteiger partial charge in [-0.15, -0.1) is 0 Å². The minimum absolute atomic E-state index is 0.000154. The molecule has 0 aromatic heterocycles. The van der Waals surface area contributed by atoms with Crippen LogP contribution in [-0.2, 0) is 10.0 Å². The number of sulfonamides is 1. The second kappa shape index (κ2) is 8.01. The third-order valence-corrected chi connectivity index (χ3v) is 3.25. The highest BCUT2D eigenvalue weighted by atomic mass is 32.2. The smallest absolute Gasteiger partial charge is 0.209 e. The summed E-state index contributed by atoms with van der Waals surface area (Å²) in [5, 5.41) is 4.90. The highest BCUT2D eigenvalue weighted by Crippen LogP contribution is 2.17. The molecule has 1 aromatic rings. The standard InChI is InChI=1S/C13H21NO4S/c1-2-9-17-12-5-7-13(8-6-12)18-10-3-4-11-19(14,15)16/h5-8H,2-4,9-11H2,1H3,(H2,14,15,16). The van der Waals surface area contributed by atoms with E-state index in [2.05, 4.69) is 6.92 Å². The van der Waals surface area contributed by atoms with Crippen LogP contribution < -0.4 is 14.6 Å². The Balaban J connectivity index is 2.22. The summed E-state index contributed by atoms with van der Waals surface area (Å²) in [5.41, 5.74) is 0. The molecule has 0 radical (unpaired) electrons. The molecule has 1 rings (SSSR count). The number of unbranched alkanes of at least 4 members (excludes halogenated alkanes) is 1. The summed E-state index contributed by atoms with van der Waals surface area (Å²) in [6.07, 6.45) is 2.14. The van der Waals surface area contributed by atoms with E-state index in [0.29, 0.717) is 26.1 Å². The van der Waals surface area contributed by atoms with Crippen LogP contribution in [0.4, 0.5) is 0 Å². The fourth-order valence-electron chi connectivity index (χ4n) is 1.45. The van der Waals surface area contributed by atoms with Gasteiger partial charge in [-0.2, -0.15) is 0 Å². The van der Waals surface area contributed by atoms with Gasteiger partial charge in [0.05, 0.1) is 19.0 Å². The average Bonchev–Trinajstić information content (AvgIpc) is 2.36. The first-order valence-corrected chi connectivity index (χ1v) is 8.09. The maximum atomic E-state index is 10.7. The summed E-state index contributed by atoms with van der Waals surface area (Å²) in [6, 6.07) is 7.39. The predicted molar refractivity (Wildman–Crippen MR) is 74.9 cm³/mol. The van der Waals surface area contributed by atoms with Gasteiger partial charge in [0.2, 0.25) is 10.0 Å². The third-order valence-electron chi connectivity index (χ3n) is 2.39. The lowest BCUT2D eigenvalue weighted by atomic mass is 10.3. The second-order valence-corrected chi connectivity index (χ2v) is 5.98. The van der Waals surface area contributed by atoms with Gasteiger partial charge in [0.15, 0.2) is 0 Å². The number of benzene rings is 1. The van der Waals surface area contributed by atoms with E-state index in [1.807, 2.05) is 24.3 Å². The molecule has 19 heavy (non-hydrogen) atoms. The van der Waals surface area contributed by atoms with Gasteiger partial charge in [0.1, 0.15) is 11.5 Å². The van der Waals surface area contributed by atoms with Crippen LogP contribution in [-0.4, -0.2) is 27.4 Å². The van der Waals surface area contributed by atoms with Gasteiger partial charge < -0.3 is 9.47 Å². The molecule has 0 atom stereocenters. The highest BCUT2D eigenvalue weighted by Gasteiger charge is 2.02. The molecule has 0 amide bonds. The largest absolute Gasteiger partial charge is 0.494 e. The quantitative estimate of drug-likeness (QED) is 0.704. The van der Waals surface area contributed by atoms with Crippen LogP contribution in [0.25, 0.3) is 0 Å². The first-order valence-electron chi connectivity index (χ1n) is 6.37. The molecule has 0 bridgehead atoms. The van der Waals surface area contributed by atoms with Gasteiger partial charge in [-0.25, -0.2) is 13.6 Å². The summed E-state index contributed by atoms with van der Waals surface area (Å²) in [4.78, 5) is 0. The van der Waals surface area contributed by atoms with Crippen LogP contribution in [0.5, 0.6) is 11.5 Å². The summed E-state index contributed by atoms with van der Waals surface area (Å²) in [6.45, 7) is 3.23. The van der Waals surface area contributed by atoms with Crippen LogP contribution in [0, 0.1) is 0 Å². The van der Waals surface area contributed by atoms with Gasteiger partial charge >= 0.3 is 0 Å². The van der Waals surface area contributed by atoms with Gasteiger partial charge in [-0.3, -0.25) is 0 Å². The number of hydrogen-bond donors (Lipinski definition) is 1. The first kappa shape index (κ1) is 15.8. The van der Waals surface area contributed by atoms with Crippen LogP contribution in [0.15, 0.2) is 24.3 Å². The van der Waals surface area contributed by atoms with Crippen LogP contribution >= 0.6 is 0 Å². The lowest BCUT2D eigenvalue weighted by molar-refractivity contribution is 0.304. The lowest BCUT2D eigenvalue weighted by Crippen LogP contribution is -2.16. The van der Waals surface area contributed by atoms with Gasteiger partial charge in [-0.1, -0.05) is 6.92 Å². The Bertz CT molecular complexity index is 456. The Hall–Kier alpha value is -1.27. The van der Waals surface area contributed by atoms with Gasteiger partial charge in [0.25, 0.3) is 0 Å². The van der Waals surface area contributed by atoms with Crippen LogP contribution in [0.2, 0.25) is 0 Å². The molecule has 1 aromatic carbocycles. The molecule has 0 unspecified atom stereocenters. The molecule has 0 heterocycles. The Morgan fingerprint density at radius 3 is 2.00 bits per heavy atom. The number of ether oxygens (including phenoxy) is 2. The molecule has 6 heteroatoms. The van der Waals surface area contributed by atoms with Gasteiger partial charge in [-0.05, 0) is 43.5 Å². The van der Waals surface area contributed by atoms with E-state index in [-0.39, 0.29) is 5.75 Å². The van der Waals surface area contributed by atoms with Crippen molar-refractivity contribution in [2.24, 2.45) is 5.14 Å². The molecule has 108 valence electrons. The van der Waals surface area contributed by atoms with Crippen molar-refractivity contribution >= 4 is 10.0 Å². The normalized spacial score (nSPS) is 11.3. The third kappa shape index (κ3) is 7.69. The topological polar surface area (TPSA) is 78.6 Å². The fraction of sp³-hybridized carbons (Fsp3) is 0.538. The Kier molecular flexibility index (Phi) is 6.66. The average molecular weight is 287 g/mol. The molecule has 0 aliphatic rings. The Labute approximate surface area is 114 Å². The van der Waals surface area contributed by atoms with Crippen LogP contribution in [0.1, 0.15) is 26.2 Å². The summed E-state index contributed by atoms with van der Waals surface area (Å²) >= 11 is 0. The van der Waals surface area contributed by atoms with Crippen molar-refractivity contribution in [3.63, 3.8) is 0 Å². The number of hydrogen-bond acceptors (Lipinski definition) is 4. The summed E-state index contributed by atoms with van der Waals surface area (Å²) in [7, 11) is -3.36. The predicted octanol–water partition coefficient (Wildman–Crippen LogP) is 1.92. The first-order chi connectivity index (χ1) is 9.01. The minimum atomic E-state index is -3.36. The zero-order chi connectivity index (χ0) is 14.1. The lowest BCUT2D eigenvalue weighted by Gasteiger charge is -2.08. The summed E-state index contributed by atoms with van der Waals surface area (Å²) < 4.78 is 32.4. The monoisotopic (exact) mass is 287 g/mol. The van der Waals surface area contributed by atoms with E-state index in [0.717, 1.165) is 17.9 Å². The van der Waals surface area contributed by atoms with E-state index in [4.69, 9.17) is 14.6 Å². The van der Waals surface area contributed by atoms with E-state index in [1.54, 1.807) is 0 Å². The van der Waals surface area contributed by atoms with Crippen molar-refractivity contribution in [2.75, 3.05) is 19.0 Å². The van der Waals surface area contributed by atoms with Crippen molar-refractivity contribution in [3.05, 3.63) is 24.3 Å². The molecule has 0 spiro atoms. The van der Waals surface area contributed by atoms with E-state index < -0.39 is 10.0 Å². The van der Waals surface area contributed by atoms with Crippen molar-refractivity contribution < 1.29 is 17.9 Å². The van der Waals surface area contributed by atoms with Crippen LogP contribution in [0.3, 0.4) is 0 Å². The SMILES string of the molecule is CCCOc1ccc(OCCCCS(N)(=O)=O)cc1. The van der Waals surface area contributed by atoms with Crippen molar-refractivity contribution in [2.45, 2.75) is 26.2 Å². The molecular weight excluding hydrogens is 266 g/mol. The Morgan fingerprint density at radius 1 is 1.00 bits per heavy atom. The molecule has 0 saturated carbocycles. The van der Waals surface area contributed by atoms with Gasteiger partial charge in [0, 0.05) is 0 Å². The zero-order valence-electron chi connectivity index (χ0n) is 11.2. The molecule has 5 nitrogen and oxygen atoms in total. The molecule has 0 aliphatic heterocycles. The number of primary sulfonamides is 1. The summed E-state index contributed by atoms with van der Waals surface area (Å²) in [5.74, 6) is 1.57. The van der Waals surface area contributed by atoms with Crippen molar-refractivity contribution in [1.29, 1.82) is 0 Å². The van der Waals surface area contributed by atoms with E-state index in [1.165, 1.54) is 0 Å². The molecule has 2 N–H and O–H groups in total. The molecule has 0 aliphatic carbocycles. The number of nitrogens with two attached hydrogens (primary N) is 1. The Morgan fingerprint density at radius 2 is 1.53 bits per heavy atom. The zero-order valence-corrected chi connectivity index (χ0v) is 12.0. The fourth-order valence-corrected chi connectivity index (χ4v) is 2.05. The van der Waals surface area contributed by atoms with Crippen molar-refractivity contribution in [1.82, 2.24) is 0 Å². The van der Waals surface area contributed by atoms with Crippen molar-refractivity contribution in [3.8, 4) is 11.5 Å². The molecule has 0 saturated heterocycles. The number of rotatable bonds is 9. The van der Waals surface area contributed by atoms with E-state index in [9.17, 15) is 8.42 Å². The van der Waals surface area contributed by atoms with E-state index >= 15 is 0 Å².